The summed E-state index contributed by atoms with van der Waals surface area (Å²) in [6.45, 7) is 0.507. The molecule has 1 atom stereocenters. The number of hydrogen-bond acceptors (Lipinski definition) is 4. The zero-order valence-corrected chi connectivity index (χ0v) is 13.1. The standard InChI is InChI=1S/C12H17FN2O4S2/c1-20(16,17)15-8-2-3-11(9-15)14-21(18,19)12-6-4-10(13)5-7-12/h4-7,11,14H,2-3,8-9H2,1H3. The number of sulfonamides is 2. The van der Waals surface area contributed by atoms with Crippen molar-refractivity contribution < 1.29 is 21.2 Å². The van der Waals surface area contributed by atoms with Gasteiger partial charge in [-0.3, -0.25) is 0 Å². The fraction of sp³-hybridized carbons (Fsp3) is 0.500. The summed E-state index contributed by atoms with van der Waals surface area (Å²) < 4.78 is 63.9. The fourth-order valence-electron chi connectivity index (χ4n) is 2.24. The minimum Gasteiger partial charge on any atom is -0.213 e. The lowest BCUT2D eigenvalue weighted by molar-refractivity contribution is 0.305. The Labute approximate surface area is 124 Å². The molecule has 118 valence electrons. The number of nitrogens with zero attached hydrogens (tertiary/aromatic N) is 1. The molecule has 1 fully saturated rings. The zero-order valence-electron chi connectivity index (χ0n) is 11.5. The highest BCUT2D eigenvalue weighted by Crippen LogP contribution is 2.16. The van der Waals surface area contributed by atoms with E-state index in [1.165, 1.54) is 16.4 Å². The van der Waals surface area contributed by atoms with E-state index in [1.54, 1.807) is 0 Å². The molecular formula is C12H17FN2O4S2. The minimum atomic E-state index is -3.78. The first-order valence-corrected chi connectivity index (χ1v) is 9.75. The van der Waals surface area contributed by atoms with Crippen molar-refractivity contribution in [1.82, 2.24) is 9.03 Å². The van der Waals surface area contributed by atoms with E-state index >= 15 is 0 Å². The van der Waals surface area contributed by atoms with Crippen LogP contribution < -0.4 is 4.72 Å². The van der Waals surface area contributed by atoms with Gasteiger partial charge in [0.1, 0.15) is 5.82 Å². The van der Waals surface area contributed by atoms with Gasteiger partial charge in [-0.25, -0.2) is 30.3 Å². The highest BCUT2D eigenvalue weighted by molar-refractivity contribution is 7.89. The Morgan fingerprint density at radius 1 is 1.19 bits per heavy atom. The topological polar surface area (TPSA) is 83.6 Å². The first-order valence-electron chi connectivity index (χ1n) is 6.41. The van der Waals surface area contributed by atoms with E-state index < -0.39 is 31.9 Å². The maximum absolute atomic E-state index is 12.8. The molecule has 1 aliphatic heterocycles. The third-order valence-electron chi connectivity index (χ3n) is 3.30. The van der Waals surface area contributed by atoms with Crippen molar-refractivity contribution in [1.29, 1.82) is 0 Å². The number of halogens is 1. The summed E-state index contributed by atoms with van der Waals surface area (Å²) in [5.74, 6) is -0.519. The van der Waals surface area contributed by atoms with Crippen LogP contribution in [0.4, 0.5) is 4.39 Å². The van der Waals surface area contributed by atoms with E-state index in [0.717, 1.165) is 18.4 Å². The van der Waals surface area contributed by atoms with Crippen LogP contribution in [0, 0.1) is 5.82 Å². The Morgan fingerprint density at radius 3 is 2.38 bits per heavy atom. The molecule has 1 unspecified atom stereocenters. The van der Waals surface area contributed by atoms with Gasteiger partial charge in [-0.2, -0.15) is 0 Å². The molecule has 6 nitrogen and oxygen atoms in total. The lowest BCUT2D eigenvalue weighted by Crippen LogP contribution is -2.49. The number of hydrogen-bond donors (Lipinski definition) is 1. The van der Waals surface area contributed by atoms with Crippen LogP contribution in [-0.2, 0) is 20.0 Å². The van der Waals surface area contributed by atoms with Crippen LogP contribution >= 0.6 is 0 Å². The summed E-state index contributed by atoms with van der Waals surface area (Å²) >= 11 is 0. The monoisotopic (exact) mass is 336 g/mol. The van der Waals surface area contributed by atoms with E-state index in [0.29, 0.717) is 19.4 Å². The molecule has 0 saturated carbocycles. The summed E-state index contributed by atoms with van der Waals surface area (Å²) in [7, 11) is -7.12. The highest BCUT2D eigenvalue weighted by atomic mass is 32.2. The summed E-state index contributed by atoms with van der Waals surface area (Å²) in [5.41, 5.74) is 0. The van der Waals surface area contributed by atoms with Crippen molar-refractivity contribution in [2.75, 3.05) is 19.3 Å². The van der Waals surface area contributed by atoms with Crippen LogP contribution in [-0.4, -0.2) is 46.5 Å². The van der Waals surface area contributed by atoms with Crippen molar-refractivity contribution in [3.05, 3.63) is 30.1 Å². The molecule has 1 saturated heterocycles. The predicted octanol–water partition coefficient (Wildman–Crippen LogP) is 0.528. The smallest absolute Gasteiger partial charge is 0.213 e. The quantitative estimate of drug-likeness (QED) is 0.869. The number of benzene rings is 1. The van der Waals surface area contributed by atoms with Crippen molar-refractivity contribution in [3.8, 4) is 0 Å². The molecule has 0 amide bonds. The summed E-state index contributed by atoms with van der Waals surface area (Å²) in [6, 6.07) is 4.00. The van der Waals surface area contributed by atoms with Gasteiger partial charge in [-0.1, -0.05) is 0 Å². The van der Waals surface area contributed by atoms with E-state index in [-0.39, 0.29) is 11.4 Å². The third-order valence-corrected chi connectivity index (χ3v) is 6.10. The molecule has 9 heteroatoms. The summed E-state index contributed by atoms with van der Waals surface area (Å²) in [5, 5.41) is 0. The van der Waals surface area contributed by atoms with Crippen molar-refractivity contribution in [2.45, 2.75) is 23.8 Å². The average Bonchev–Trinajstić information content (AvgIpc) is 2.38. The normalized spacial score (nSPS) is 21.3. The lowest BCUT2D eigenvalue weighted by Gasteiger charge is -2.31. The second-order valence-electron chi connectivity index (χ2n) is 5.04. The summed E-state index contributed by atoms with van der Waals surface area (Å²) in [6.07, 6.45) is 2.25. The predicted molar refractivity (Wildman–Crippen MR) is 76.2 cm³/mol. The number of nitrogens with one attached hydrogen (secondary N) is 1. The second kappa shape index (κ2) is 5.99. The molecule has 1 aliphatic rings. The largest absolute Gasteiger partial charge is 0.240 e. The minimum absolute atomic E-state index is 0.0413. The van der Waals surface area contributed by atoms with Gasteiger partial charge < -0.3 is 0 Å². The Morgan fingerprint density at radius 2 is 1.81 bits per heavy atom. The SMILES string of the molecule is CS(=O)(=O)N1CCCC(NS(=O)(=O)c2ccc(F)cc2)C1. The van der Waals surface area contributed by atoms with Gasteiger partial charge in [0.15, 0.2) is 0 Å². The Kier molecular flexibility index (Phi) is 4.66. The van der Waals surface area contributed by atoms with Gasteiger partial charge in [0.25, 0.3) is 0 Å². The van der Waals surface area contributed by atoms with Gasteiger partial charge in [-0.05, 0) is 37.1 Å². The van der Waals surface area contributed by atoms with Gasteiger partial charge in [0, 0.05) is 19.1 Å². The third kappa shape index (κ3) is 4.22. The molecule has 1 heterocycles. The second-order valence-corrected chi connectivity index (χ2v) is 8.73. The van der Waals surface area contributed by atoms with Gasteiger partial charge in [0.05, 0.1) is 11.2 Å². The van der Waals surface area contributed by atoms with Crippen LogP contribution in [0.1, 0.15) is 12.8 Å². The first kappa shape index (κ1) is 16.3. The molecule has 0 bridgehead atoms. The zero-order chi connectivity index (χ0) is 15.7. The molecule has 0 radical (unpaired) electrons. The average molecular weight is 336 g/mol. The maximum atomic E-state index is 12.8. The van der Waals surface area contributed by atoms with E-state index in [2.05, 4.69) is 4.72 Å². The number of rotatable bonds is 4. The Balaban J connectivity index is 2.11. The summed E-state index contributed by atoms with van der Waals surface area (Å²) in [4.78, 5) is -0.0413. The highest BCUT2D eigenvalue weighted by Gasteiger charge is 2.29. The van der Waals surface area contributed by atoms with Crippen LogP contribution in [0.5, 0.6) is 0 Å². The molecule has 0 spiro atoms. The molecular weight excluding hydrogens is 319 g/mol. The van der Waals surface area contributed by atoms with Crippen molar-refractivity contribution in [2.24, 2.45) is 0 Å². The van der Waals surface area contributed by atoms with Crippen LogP contribution in [0.3, 0.4) is 0 Å². The fourth-order valence-corrected chi connectivity index (χ4v) is 4.41. The van der Waals surface area contributed by atoms with E-state index in [1.807, 2.05) is 0 Å². The van der Waals surface area contributed by atoms with Crippen molar-refractivity contribution >= 4 is 20.0 Å². The molecule has 1 aromatic rings. The molecule has 1 N–H and O–H groups in total. The van der Waals surface area contributed by atoms with Crippen LogP contribution in [0.15, 0.2) is 29.2 Å². The Bertz CT molecular complexity index is 701. The van der Waals surface area contributed by atoms with Crippen LogP contribution in [0.25, 0.3) is 0 Å². The van der Waals surface area contributed by atoms with Gasteiger partial charge >= 0.3 is 0 Å². The van der Waals surface area contributed by atoms with E-state index in [9.17, 15) is 21.2 Å². The van der Waals surface area contributed by atoms with Gasteiger partial charge in [0.2, 0.25) is 20.0 Å². The van der Waals surface area contributed by atoms with Crippen molar-refractivity contribution in [3.63, 3.8) is 0 Å². The maximum Gasteiger partial charge on any atom is 0.240 e. The molecule has 1 aromatic carbocycles. The first-order chi connectivity index (χ1) is 9.68. The molecule has 21 heavy (non-hydrogen) atoms. The molecule has 0 aromatic heterocycles. The lowest BCUT2D eigenvalue weighted by atomic mass is 10.1. The van der Waals surface area contributed by atoms with Gasteiger partial charge in [-0.15, -0.1) is 0 Å². The number of piperidine rings is 1. The van der Waals surface area contributed by atoms with Crippen LogP contribution in [0.2, 0.25) is 0 Å². The Hall–Kier alpha value is -1.03. The molecule has 2 rings (SSSR count). The molecule has 0 aliphatic carbocycles. The van der Waals surface area contributed by atoms with E-state index in [4.69, 9.17) is 0 Å².